The molecule has 0 radical (unpaired) electrons. The second kappa shape index (κ2) is 6.06. The smallest absolute Gasteiger partial charge is 0.167 e. The minimum Gasteiger partial charge on any atom is -0.496 e. The maximum Gasteiger partial charge on any atom is 0.167 e. The molecule has 2 nitrogen and oxygen atoms in total. The molecule has 0 bridgehead atoms. The predicted octanol–water partition coefficient (Wildman–Crippen LogP) is 4.22. The second-order valence-corrected chi connectivity index (χ2v) is 4.95. The molecule has 0 unspecified atom stereocenters. The van der Waals surface area contributed by atoms with Gasteiger partial charge in [-0.05, 0) is 31.2 Å². The van der Waals surface area contributed by atoms with Gasteiger partial charge in [-0.3, -0.25) is 4.79 Å². The fourth-order valence-corrected chi connectivity index (χ4v) is 2.17. The molecule has 0 aromatic heterocycles. The number of aryl methyl sites for hydroxylation is 1. The molecular weight excluding hydrogens is 279 g/mol. The van der Waals surface area contributed by atoms with Gasteiger partial charge in [-0.15, -0.1) is 0 Å². The molecule has 0 heterocycles. The van der Waals surface area contributed by atoms with Crippen LogP contribution in [-0.4, -0.2) is 12.9 Å². The van der Waals surface area contributed by atoms with Crippen molar-refractivity contribution in [1.29, 1.82) is 0 Å². The first-order valence-electron chi connectivity index (χ1n) is 6.13. The van der Waals surface area contributed by atoms with Crippen LogP contribution in [0, 0.1) is 12.7 Å². The van der Waals surface area contributed by atoms with E-state index in [2.05, 4.69) is 0 Å². The third kappa shape index (κ3) is 3.17. The van der Waals surface area contributed by atoms with Crippen LogP contribution in [0.1, 0.15) is 21.5 Å². The zero-order valence-electron chi connectivity index (χ0n) is 11.2. The van der Waals surface area contributed by atoms with E-state index in [4.69, 9.17) is 16.3 Å². The number of ether oxygens (including phenoxy) is 1. The SMILES string of the molecule is COc1ccc(C)cc1CC(=O)c1ccc(F)c(Cl)c1. The Kier molecular flexibility index (Phi) is 4.40. The van der Waals surface area contributed by atoms with E-state index in [0.29, 0.717) is 11.3 Å². The maximum atomic E-state index is 13.1. The zero-order valence-corrected chi connectivity index (χ0v) is 12.0. The first-order valence-corrected chi connectivity index (χ1v) is 6.51. The van der Waals surface area contributed by atoms with Gasteiger partial charge in [0.25, 0.3) is 0 Å². The van der Waals surface area contributed by atoms with E-state index in [-0.39, 0.29) is 17.2 Å². The standard InChI is InChI=1S/C16H14ClFO2/c1-10-3-6-16(20-2)12(7-10)9-15(19)11-4-5-14(18)13(17)8-11/h3-8H,9H2,1-2H3. The highest BCUT2D eigenvalue weighted by Crippen LogP contribution is 2.23. The molecule has 0 aliphatic carbocycles. The summed E-state index contributed by atoms with van der Waals surface area (Å²) < 4.78 is 18.3. The Bertz CT molecular complexity index is 653. The van der Waals surface area contributed by atoms with Gasteiger partial charge in [-0.25, -0.2) is 4.39 Å². The molecule has 0 saturated heterocycles. The summed E-state index contributed by atoms with van der Waals surface area (Å²) in [6.45, 7) is 1.95. The van der Waals surface area contributed by atoms with Crippen molar-refractivity contribution >= 4 is 17.4 Å². The van der Waals surface area contributed by atoms with Crippen LogP contribution in [0.4, 0.5) is 4.39 Å². The highest BCUT2D eigenvalue weighted by atomic mass is 35.5. The van der Waals surface area contributed by atoms with Crippen molar-refractivity contribution in [2.45, 2.75) is 13.3 Å². The summed E-state index contributed by atoms with van der Waals surface area (Å²) in [5.41, 5.74) is 2.24. The van der Waals surface area contributed by atoms with Gasteiger partial charge in [-0.2, -0.15) is 0 Å². The quantitative estimate of drug-likeness (QED) is 0.789. The average Bonchev–Trinajstić information content (AvgIpc) is 2.42. The summed E-state index contributed by atoms with van der Waals surface area (Å²) in [7, 11) is 1.56. The van der Waals surface area contributed by atoms with E-state index in [1.54, 1.807) is 7.11 Å². The number of methoxy groups -OCH3 is 1. The molecule has 0 spiro atoms. The summed E-state index contributed by atoms with van der Waals surface area (Å²) in [5, 5.41) is -0.0490. The fraction of sp³-hybridized carbons (Fsp3) is 0.188. The Labute approximate surface area is 122 Å². The number of benzene rings is 2. The largest absolute Gasteiger partial charge is 0.496 e. The number of ketones is 1. The predicted molar refractivity (Wildman–Crippen MR) is 77.2 cm³/mol. The van der Waals surface area contributed by atoms with Crippen LogP contribution in [0.2, 0.25) is 5.02 Å². The minimum absolute atomic E-state index is 0.0490. The Balaban J connectivity index is 2.27. The van der Waals surface area contributed by atoms with Crippen molar-refractivity contribution in [3.63, 3.8) is 0 Å². The van der Waals surface area contributed by atoms with Crippen molar-refractivity contribution in [2.24, 2.45) is 0 Å². The monoisotopic (exact) mass is 292 g/mol. The third-order valence-electron chi connectivity index (χ3n) is 3.03. The van der Waals surface area contributed by atoms with Crippen LogP contribution in [-0.2, 0) is 6.42 Å². The molecule has 0 atom stereocenters. The lowest BCUT2D eigenvalue weighted by Crippen LogP contribution is -2.05. The Morgan fingerprint density at radius 1 is 1.25 bits per heavy atom. The van der Waals surface area contributed by atoms with Crippen molar-refractivity contribution in [3.05, 3.63) is 63.9 Å². The number of hydrogen-bond donors (Lipinski definition) is 0. The van der Waals surface area contributed by atoms with Gasteiger partial charge >= 0.3 is 0 Å². The van der Waals surface area contributed by atoms with E-state index in [1.807, 2.05) is 25.1 Å². The van der Waals surface area contributed by atoms with E-state index in [1.165, 1.54) is 18.2 Å². The lowest BCUT2D eigenvalue weighted by Gasteiger charge is -2.09. The lowest BCUT2D eigenvalue weighted by atomic mass is 10.0. The van der Waals surface area contributed by atoms with E-state index < -0.39 is 5.82 Å². The van der Waals surface area contributed by atoms with Gasteiger partial charge in [0.2, 0.25) is 0 Å². The van der Waals surface area contributed by atoms with Gasteiger partial charge in [-0.1, -0.05) is 29.3 Å². The van der Waals surface area contributed by atoms with Gasteiger partial charge in [0, 0.05) is 17.5 Å². The maximum absolute atomic E-state index is 13.1. The first kappa shape index (κ1) is 14.5. The number of halogens is 2. The fourth-order valence-electron chi connectivity index (χ4n) is 1.99. The topological polar surface area (TPSA) is 26.3 Å². The summed E-state index contributed by atoms with van der Waals surface area (Å²) >= 11 is 5.69. The molecule has 0 amide bonds. The summed E-state index contributed by atoms with van der Waals surface area (Å²) in [6, 6.07) is 9.63. The second-order valence-electron chi connectivity index (χ2n) is 4.54. The number of carbonyl (C=O) groups is 1. The molecule has 2 rings (SSSR count). The molecule has 2 aromatic rings. The molecule has 2 aromatic carbocycles. The Morgan fingerprint density at radius 3 is 2.65 bits per heavy atom. The molecule has 0 aliphatic heterocycles. The van der Waals surface area contributed by atoms with Crippen molar-refractivity contribution in [3.8, 4) is 5.75 Å². The van der Waals surface area contributed by atoms with Crippen LogP contribution < -0.4 is 4.74 Å². The third-order valence-corrected chi connectivity index (χ3v) is 3.32. The van der Waals surface area contributed by atoms with E-state index >= 15 is 0 Å². The summed E-state index contributed by atoms with van der Waals surface area (Å²) in [4.78, 5) is 12.2. The first-order chi connectivity index (χ1) is 9.51. The van der Waals surface area contributed by atoms with Crippen LogP contribution in [0.15, 0.2) is 36.4 Å². The molecular formula is C16H14ClFO2. The Morgan fingerprint density at radius 2 is 2.00 bits per heavy atom. The molecule has 0 fully saturated rings. The van der Waals surface area contributed by atoms with E-state index in [0.717, 1.165) is 11.1 Å². The lowest BCUT2D eigenvalue weighted by molar-refractivity contribution is 0.0992. The van der Waals surface area contributed by atoms with Crippen LogP contribution >= 0.6 is 11.6 Å². The number of carbonyl (C=O) groups excluding carboxylic acids is 1. The molecule has 0 aliphatic rings. The normalized spacial score (nSPS) is 10.4. The van der Waals surface area contributed by atoms with Crippen LogP contribution in [0.25, 0.3) is 0 Å². The van der Waals surface area contributed by atoms with Gasteiger partial charge < -0.3 is 4.74 Å². The molecule has 4 heteroatoms. The van der Waals surface area contributed by atoms with Crippen molar-refractivity contribution in [1.82, 2.24) is 0 Å². The van der Waals surface area contributed by atoms with E-state index in [9.17, 15) is 9.18 Å². The number of hydrogen-bond acceptors (Lipinski definition) is 2. The molecule has 0 saturated carbocycles. The van der Waals surface area contributed by atoms with Gasteiger partial charge in [0.1, 0.15) is 11.6 Å². The van der Waals surface area contributed by atoms with Crippen LogP contribution in [0.5, 0.6) is 5.75 Å². The summed E-state index contributed by atoms with van der Waals surface area (Å²) in [6.07, 6.45) is 0.187. The number of Topliss-reactive ketones (excluding diaryl/α,β-unsaturated/α-hetero) is 1. The summed E-state index contributed by atoms with van der Waals surface area (Å²) in [5.74, 6) is 0.00399. The number of rotatable bonds is 4. The molecule has 20 heavy (non-hydrogen) atoms. The average molecular weight is 293 g/mol. The van der Waals surface area contributed by atoms with Crippen molar-refractivity contribution in [2.75, 3.05) is 7.11 Å². The van der Waals surface area contributed by atoms with Gasteiger partial charge in [0.05, 0.1) is 12.1 Å². The highest BCUT2D eigenvalue weighted by molar-refractivity contribution is 6.31. The molecule has 104 valence electrons. The van der Waals surface area contributed by atoms with Gasteiger partial charge in [0.15, 0.2) is 5.78 Å². The van der Waals surface area contributed by atoms with Crippen molar-refractivity contribution < 1.29 is 13.9 Å². The zero-order chi connectivity index (χ0) is 14.7. The highest BCUT2D eigenvalue weighted by Gasteiger charge is 2.12. The Hall–Kier alpha value is -1.87. The minimum atomic E-state index is -0.531. The molecule has 0 N–H and O–H groups in total. The van der Waals surface area contributed by atoms with Crippen LogP contribution in [0.3, 0.4) is 0 Å².